The van der Waals surface area contributed by atoms with Crippen molar-refractivity contribution in [2.24, 2.45) is 4.99 Å². The van der Waals surface area contributed by atoms with E-state index in [1.165, 1.54) is 30.0 Å². The van der Waals surface area contributed by atoms with Crippen molar-refractivity contribution in [2.45, 2.75) is 4.90 Å². The van der Waals surface area contributed by atoms with E-state index < -0.39 is 16.7 Å². The Kier molecular flexibility index (Phi) is 3.10. The Hall–Kier alpha value is -3.20. The largest absolute Gasteiger partial charge is 0.433 e. The lowest BCUT2D eigenvalue weighted by Gasteiger charge is -2.24. The minimum absolute atomic E-state index is 0.0142. The Morgan fingerprint density at radius 3 is 2.83 bits per heavy atom. The van der Waals surface area contributed by atoms with Crippen LogP contribution < -0.4 is 4.90 Å². The minimum Gasteiger partial charge on any atom is -0.401 e. The Balaban J connectivity index is 1.76. The summed E-state index contributed by atoms with van der Waals surface area (Å²) >= 11 is 1.32. The van der Waals surface area contributed by atoms with Crippen molar-refractivity contribution >= 4 is 46.3 Å². The van der Waals surface area contributed by atoms with Crippen LogP contribution in [0, 0.1) is 15.5 Å². The van der Waals surface area contributed by atoms with E-state index in [2.05, 4.69) is 4.99 Å². The monoisotopic (exact) mass is 340 g/mol. The second-order valence-corrected chi connectivity index (χ2v) is 5.95. The van der Waals surface area contributed by atoms with E-state index in [9.17, 15) is 14.9 Å². The zero-order valence-electron chi connectivity index (χ0n) is 11.9. The van der Waals surface area contributed by atoms with Gasteiger partial charge in [0.05, 0.1) is 17.3 Å². The van der Waals surface area contributed by atoms with E-state index in [-0.39, 0.29) is 17.2 Å². The molecular weight excluding hydrogens is 332 g/mol. The molecule has 1 N–H and O–H groups in total. The molecule has 0 radical (unpaired) electrons. The number of carbonyl (C=O) groups excluding carboxylic acids is 1. The van der Waals surface area contributed by atoms with Crippen LogP contribution in [0.15, 0.2) is 56.3 Å². The summed E-state index contributed by atoms with van der Waals surface area (Å²) in [5.74, 6) is -0.927. The number of thioether (sulfide) groups is 1. The van der Waals surface area contributed by atoms with Crippen molar-refractivity contribution in [3.05, 3.63) is 57.8 Å². The Bertz CT molecular complexity index is 975. The molecule has 8 nitrogen and oxygen atoms in total. The summed E-state index contributed by atoms with van der Waals surface area (Å²) in [7, 11) is 0. The van der Waals surface area contributed by atoms with E-state index in [0.29, 0.717) is 5.17 Å². The highest BCUT2D eigenvalue weighted by atomic mass is 32.2. The average molecular weight is 340 g/mol. The Morgan fingerprint density at radius 2 is 2.08 bits per heavy atom. The first-order valence-electron chi connectivity index (χ1n) is 6.79. The molecule has 0 spiro atoms. The molecule has 0 bridgehead atoms. The average Bonchev–Trinajstić information content (AvgIpc) is 3.15. The molecule has 2 aliphatic rings. The number of fused-ring (bicyclic) bond motifs is 3. The van der Waals surface area contributed by atoms with Crippen LogP contribution in [0.5, 0.6) is 0 Å². The molecule has 0 aliphatic carbocycles. The molecule has 24 heavy (non-hydrogen) atoms. The van der Waals surface area contributed by atoms with E-state index in [0.717, 1.165) is 10.6 Å². The van der Waals surface area contributed by atoms with Crippen molar-refractivity contribution in [3.63, 3.8) is 0 Å². The minimum atomic E-state index is -0.667. The quantitative estimate of drug-likeness (QED) is 0.511. The summed E-state index contributed by atoms with van der Waals surface area (Å²) in [5, 5.41) is 19.4. The molecule has 2 aromatic rings. The number of amidine groups is 2. The van der Waals surface area contributed by atoms with Gasteiger partial charge in [-0.25, -0.2) is 0 Å². The summed E-state index contributed by atoms with van der Waals surface area (Å²) in [5.41, 5.74) is 0.787. The number of nitrogens with zero attached hydrogens (tertiary/aromatic N) is 3. The van der Waals surface area contributed by atoms with Crippen LogP contribution in [0.25, 0.3) is 6.08 Å². The topological polar surface area (TPSA) is 113 Å². The number of nitrogens with one attached hydrogen (secondary N) is 1. The summed E-state index contributed by atoms with van der Waals surface area (Å²) < 4.78 is 5.03. The van der Waals surface area contributed by atoms with Crippen LogP contribution >= 0.6 is 11.8 Å². The number of carbonyl (C=O) groups is 1. The molecule has 0 saturated heterocycles. The molecule has 0 fully saturated rings. The molecular formula is C15H8N4O4S. The lowest BCUT2D eigenvalue weighted by atomic mass is 10.1. The first kappa shape index (κ1) is 14.4. The van der Waals surface area contributed by atoms with Crippen LogP contribution in [0.1, 0.15) is 5.76 Å². The zero-order valence-corrected chi connectivity index (χ0v) is 12.7. The van der Waals surface area contributed by atoms with E-state index in [1.807, 2.05) is 24.3 Å². The fourth-order valence-corrected chi connectivity index (χ4v) is 3.44. The van der Waals surface area contributed by atoms with Crippen LogP contribution in [0.4, 0.5) is 11.6 Å². The number of furan rings is 1. The standard InChI is InChI=1S/C15H8N4O4S/c16-13-9(7-8-5-6-12(23-8)19(21)22)14(20)17-15-18(13)10-3-1-2-4-11(10)24-15/h1-7,16H. The first-order chi connectivity index (χ1) is 11.5. The number of anilines is 1. The highest BCUT2D eigenvalue weighted by Crippen LogP contribution is 2.42. The number of hydrogen-bond acceptors (Lipinski definition) is 6. The van der Waals surface area contributed by atoms with E-state index >= 15 is 0 Å². The SMILES string of the molecule is N=C1C(=Cc2ccc([N+](=O)[O-])o2)C(=O)N=C2Sc3ccccc3N12. The number of para-hydroxylation sites is 1. The lowest BCUT2D eigenvalue weighted by Crippen LogP contribution is -2.39. The molecule has 1 aromatic heterocycles. The smallest absolute Gasteiger partial charge is 0.401 e. The fourth-order valence-electron chi connectivity index (χ4n) is 2.42. The fraction of sp³-hybridized carbons (Fsp3) is 0. The van der Waals surface area contributed by atoms with Gasteiger partial charge < -0.3 is 4.42 Å². The van der Waals surface area contributed by atoms with Gasteiger partial charge in [0, 0.05) is 4.90 Å². The van der Waals surface area contributed by atoms with E-state index in [1.54, 1.807) is 4.90 Å². The van der Waals surface area contributed by atoms with Gasteiger partial charge in [-0.2, -0.15) is 4.99 Å². The molecule has 118 valence electrons. The second kappa shape index (κ2) is 5.17. The van der Waals surface area contributed by atoms with Crippen LogP contribution in [0.2, 0.25) is 0 Å². The summed E-state index contributed by atoms with van der Waals surface area (Å²) in [6.45, 7) is 0. The highest BCUT2D eigenvalue weighted by Gasteiger charge is 2.37. The van der Waals surface area contributed by atoms with Crippen molar-refractivity contribution in [1.82, 2.24) is 0 Å². The second-order valence-electron chi connectivity index (χ2n) is 4.94. The van der Waals surface area contributed by atoms with Gasteiger partial charge in [-0.1, -0.05) is 12.1 Å². The normalized spacial score (nSPS) is 17.8. The van der Waals surface area contributed by atoms with Gasteiger partial charge in [0.15, 0.2) is 5.17 Å². The molecule has 0 unspecified atom stereocenters. The van der Waals surface area contributed by atoms with Crippen LogP contribution in [0.3, 0.4) is 0 Å². The summed E-state index contributed by atoms with van der Waals surface area (Å²) in [6, 6.07) is 10.00. The van der Waals surface area contributed by atoms with E-state index in [4.69, 9.17) is 9.83 Å². The molecule has 3 heterocycles. The first-order valence-corrected chi connectivity index (χ1v) is 7.61. The third-order valence-electron chi connectivity index (χ3n) is 3.48. The van der Waals surface area contributed by atoms with Gasteiger partial charge in [0.25, 0.3) is 5.91 Å². The molecule has 0 atom stereocenters. The predicted octanol–water partition coefficient (Wildman–Crippen LogP) is 3.06. The van der Waals surface area contributed by atoms with Gasteiger partial charge in [-0.15, -0.1) is 0 Å². The number of rotatable bonds is 2. The number of amides is 1. The molecule has 1 aromatic carbocycles. The maximum absolute atomic E-state index is 12.2. The maximum Gasteiger partial charge on any atom is 0.433 e. The molecule has 1 amide bonds. The third kappa shape index (κ3) is 2.14. The zero-order chi connectivity index (χ0) is 16.8. The van der Waals surface area contributed by atoms with Gasteiger partial charge in [-0.3, -0.25) is 25.2 Å². The number of aliphatic imine (C=N–C) groups is 1. The predicted molar refractivity (Wildman–Crippen MR) is 88.3 cm³/mol. The highest BCUT2D eigenvalue weighted by molar-refractivity contribution is 8.15. The number of benzene rings is 1. The Labute approximate surface area is 139 Å². The molecule has 4 rings (SSSR count). The molecule has 9 heteroatoms. The van der Waals surface area contributed by atoms with Gasteiger partial charge in [0.2, 0.25) is 0 Å². The molecule has 2 aliphatic heterocycles. The van der Waals surface area contributed by atoms with Crippen molar-refractivity contribution in [1.29, 1.82) is 5.41 Å². The van der Waals surface area contributed by atoms with Crippen molar-refractivity contribution in [2.75, 3.05) is 4.90 Å². The van der Waals surface area contributed by atoms with Crippen molar-refractivity contribution < 1.29 is 14.1 Å². The van der Waals surface area contributed by atoms with Gasteiger partial charge >= 0.3 is 5.88 Å². The molecule has 0 saturated carbocycles. The van der Waals surface area contributed by atoms with Crippen LogP contribution in [-0.2, 0) is 4.79 Å². The lowest BCUT2D eigenvalue weighted by molar-refractivity contribution is -0.402. The summed E-state index contributed by atoms with van der Waals surface area (Å²) in [4.78, 5) is 28.7. The van der Waals surface area contributed by atoms with Crippen LogP contribution in [-0.4, -0.2) is 21.8 Å². The third-order valence-corrected chi connectivity index (χ3v) is 4.51. The van der Waals surface area contributed by atoms with Gasteiger partial charge in [-0.05, 0) is 36.0 Å². The van der Waals surface area contributed by atoms with Gasteiger partial charge in [0.1, 0.15) is 16.5 Å². The number of hydrogen-bond donors (Lipinski definition) is 1. The van der Waals surface area contributed by atoms with Crippen molar-refractivity contribution in [3.8, 4) is 0 Å². The summed E-state index contributed by atoms with van der Waals surface area (Å²) in [6.07, 6.45) is 1.30. The Morgan fingerprint density at radius 1 is 1.29 bits per heavy atom. The number of nitro groups is 1. The maximum atomic E-state index is 12.2.